The Morgan fingerprint density at radius 1 is 1.33 bits per heavy atom. The Morgan fingerprint density at radius 3 is 2.39 bits per heavy atom. The lowest BCUT2D eigenvalue weighted by molar-refractivity contribution is 0.0870. The maximum absolute atomic E-state index is 10.1. The molecule has 0 aliphatic heterocycles. The zero-order valence-corrected chi connectivity index (χ0v) is 15.4. The normalized spacial score (nSPS) is 15.7. The number of hydrogen-bond donors (Lipinski definition) is 3. The quantitative estimate of drug-likeness (QED) is 0.559. The summed E-state index contributed by atoms with van der Waals surface area (Å²) in [5.74, 6) is 0.292. The van der Waals surface area contributed by atoms with Crippen LogP contribution in [0, 0.1) is 13.1 Å². The van der Waals surface area contributed by atoms with Gasteiger partial charge in [-0.25, -0.2) is 0 Å². The highest BCUT2D eigenvalue weighted by Gasteiger charge is 2.25. The third kappa shape index (κ3) is 4.36. The van der Waals surface area contributed by atoms with Crippen LogP contribution in [0.15, 0.2) is 12.1 Å². The molecule has 3 nitrogen and oxygen atoms in total. The second-order valence-electron chi connectivity index (χ2n) is 4.23. The van der Waals surface area contributed by atoms with Crippen LogP contribution in [0.1, 0.15) is 31.9 Å². The van der Waals surface area contributed by atoms with E-state index < -0.39 is 12.1 Å². The van der Waals surface area contributed by atoms with Crippen LogP contribution in [-0.2, 0) is 0 Å². The molecule has 0 aliphatic rings. The van der Waals surface area contributed by atoms with Crippen LogP contribution in [-0.4, -0.2) is 16.3 Å². The van der Waals surface area contributed by atoms with Crippen LogP contribution in [0.5, 0.6) is 5.75 Å². The Kier molecular flexibility index (Phi) is 8.39. The first-order chi connectivity index (χ1) is 7.88. The summed E-state index contributed by atoms with van der Waals surface area (Å²) in [6.45, 7) is 3.97. The van der Waals surface area contributed by atoms with Crippen LogP contribution in [0.25, 0.3) is 0 Å². The highest BCUT2D eigenvalue weighted by molar-refractivity contribution is 14.1. The molecule has 1 rings (SSSR count). The van der Waals surface area contributed by atoms with E-state index in [0.717, 1.165) is 13.6 Å². The van der Waals surface area contributed by atoms with Gasteiger partial charge in [0.1, 0.15) is 5.75 Å². The Morgan fingerprint density at radius 2 is 1.89 bits per heavy atom. The summed E-state index contributed by atoms with van der Waals surface area (Å²) >= 11 is 4.25. The van der Waals surface area contributed by atoms with Crippen LogP contribution >= 0.6 is 57.6 Å². The third-order valence-corrected chi connectivity index (χ3v) is 4.46. The first-order valence-electron chi connectivity index (χ1n) is 5.50. The largest absolute Gasteiger partial charge is 0.506 e. The zero-order chi connectivity index (χ0) is 13.2. The predicted molar refractivity (Wildman–Crippen MR) is 93.2 cm³/mol. The molecule has 0 saturated carbocycles. The molecule has 0 aliphatic carbocycles. The summed E-state index contributed by atoms with van der Waals surface area (Å²) in [7, 11) is 0. The summed E-state index contributed by atoms with van der Waals surface area (Å²) < 4.78 is 1.77. The maximum atomic E-state index is 10.1. The molecular weight excluding hydrogens is 479 g/mol. The molecule has 104 valence electrons. The standard InChI is InChI=1S/C12H17I2NO2.ClH/c1-3-6(2)11(16)10(15)8-4-7(13)5-9(14)12(8)17;/h4-6,10-11,16-17H,3,15H2,1-2H3;1H/t6?,10-,11+;/m1./s1. The lowest BCUT2D eigenvalue weighted by Gasteiger charge is -2.25. The van der Waals surface area contributed by atoms with E-state index >= 15 is 0 Å². The molecule has 3 atom stereocenters. The third-order valence-electron chi connectivity index (χ3n) is 3.01. The summed E-state index contributed by atoms with van der Waals surface area (Å²) in [6.07, 6.45) is 0.219. The monoisotopic (exact) mass is 497 g/mol. The molecule has 0 fully saturated rings. The van der Waals surface area contributed by atoms with E-state index in [1.165, 1.54) is 0 Å². The minimum atomic E-state index is -0.639. The van der Waals surface area contributed by atoms with Crippen molar-refractivity contribution in [2.45, 2.75) is 32.4 Å². The number of phenolic OH excluding ortho intramolecular Hbond substituents is 1. The molecule has 4 N–H and O–H groups in total. The van der Waals surface area contributed by atoms with Crippen molar-refractivity contribution in [1.82, 2.24) is 0 Å². The van der Waals surface area contributed by atoms with Crippen LogP contribution in [0.3, 0.4) is 0 Å². The number of halogens is 3. The van der Waals surface area contributed by atoms with E-state index in [4.69, 9.17) is 5.73 Å². The average molecular weight is 498 g/mol. The minimum absolute atomic E-state index is 0. The van der Waals surface area contributed by atoms with Gasteiger partial charge in [-0.15, -0.1) is 12.4 Å². The second-order valence-corrected chi connectivity index (χ2v) is 6.64. The maximum Gasteiger partial charge on any atom is 0.133 e. The number of nitrogens with two attached hydrogens (primary N) is 1. The fourth-order valence-electron chi connectivity index (χ4n) is 1.62. The van der Waals surface area contributed by atoms with Gasteiger partial charge < -0.3 is 15.9 Å². The van der Waals surface area contributed by atoms with Gasteiger partial charge in [-0.05, 0) is 63.2 Å². The van der Waals surface area contributed by atoms with Crippen molar-refractivity contribution in [3.8, 4) is 5.75 Å². The van der Waals surface area contributed by atoms with Gasteiger partial charge in [0.15, 0.2) is 0 Å². The van der Waals surface area contributed by atoms with E-state index in [2.05, 4.69) is 45.2 Å². The van der Waals surface area contributed by atoms with Crippen molar-refractivity contribution < 1.29 is 10.2 Å². The molecule has 18 heavy (non-hydrogen) atoms. The average Bonchev–Trinajstić information content (AvgIpc) is 2.30. The zero-order valence-electron chi connectivity index (χ0n) is 10.2. The van der Waals surface area contributed by atoms with Crippen LogP contribution in [0.2, 0.25) is 0 Å². The molecule has 6 heteroatoms. The lowest BCUT2D eigenvalue weighted by atomic mass is 9.91. The molecule has 1 unspecified atom stereocenters. The van der Waals surface area contributed by atoms with Crippen molar-refractivity contribution >= 4 is 57.6 Å². The van der Waals surface area contributed by atoms with E-state index in [1.807, 2.05) is 26.0 Å². The predicted octanol–water partition coefficient (Wildman–Crippen LogP) is 3.43. The fourth-order valence-corrected chi connectivity index (χ4v) is 3.51. The van der Waals surface area contributed by atoms with Gasteiger partial charge in [0, 0.05) is 9.13 Å². The molecule has 0 saturated heterocycles. The van der Waals surface area contributed by atoms with Gasteiger partial charge in [-0.2, -0.15) is 0 Å². The fraction of sp³-hybridized carbons (Fsp3) is 0.500. The van der Waals surface area contributed by atoms with Crippen molar-refractivity contribution in [2.24, 2.45) is 11.7 Å². The Hall–Kier alpha value is 0.690. The van der Waals surface area contributed by atoms with Gasteiger partial charge >= 0.3 is 0 Å². The Labute approximate surface area is 141 Å². The second kappa shape index (κ2) is 8.08. The highest BCUT2D eigenvalue weighted by Crippen LogP contribution is 2.33. The van der Waals surface area contributed by atoms with Crippen molar-refractivity contribution in [1.29, 1.82) is 0 Å². The molecule has 1 aromatic rings. The van der Waals surface area contributed by atoms with E-state index in [-0.39, 0.29) is 24.1 Å². The van der Waals surface area contributed by atoms with E-state index in [9.17, 15) is 10.2 Å². The first kappa shape index (κ1) is 18.7. The highest BCUT2D eigenvalue weighted by atomic mass is 127. The molecule has 0 radical (unpaired) electrons. The summed E-state index contributed by atoms with van der Waals surface area (Å²) in [4.78, 5) is 0. The number of aromatic hydroxyl groups is 1. The lowest BCUT2D eigenvalue weighted by Crippen LogP contribution is -2.31. The van der Waals surface area contributed by atoms with Crippen molar-refractivity contribution in [2.75, 3.05) is 0 Å². The summed E-state index contributed by atoms with van der Waals surface area (Å²) in [5.41, 5.74) is 6.66. The van der Waals surface area contributed by atoms with Gasteiger partial charge in [-0.3, -0.25) is 0 Å². The van der Waals surface area contributed by atoms with Gasteiger partial charge in [0.05, 0.1) is 15.7 Å². The molecule has 0 amide bonds. The number of hydrogen-bond acceptors (Lipinski definition) is 3. The minimum Gasteiger partial charge on any atom is -0.506 e. The molecule has 0 aromatic heterocycles. The number of benzene rings is 1. The Balaban J connectivity index is 0.00000289. The van der Waals surface area contributed by atoms with Gasteiger partial charge in [0.2, 0.25) is 0 Å². The molecule has 0 heterocycles. The SMILES string of the molecule is CCC(C)[C@H](O)[C@H](N)c1cc(I)cc(I)c1O.Cl. The number of phenols is 1. The van der Waals surface area contributed by atoms with Crippen molar-refractivity contribution in [3.63, 3.8) is 0 Å². The van der Waals surface area contributed by atoms with Gasteiger partial charge in [0.25, 0.3) is 0 Å². The van der Waals surface area contributed by atoms with Gasteiger partial charge in [-0.1, -0.05) is 20.3 Å². The first-order valence-corrected chi connectivity index (χ1v) is 7.65. The van der Waals surface area contributed by atoms with Crippen LogP contribution in [0.4, 0.5) is 0 Å². The number of aliphatic hydroxyl groups excluding tert-OH is 1. The number of rotatable bonds is 4. The molecule has 0 spiro atoms. The van der Waals surface area contributed by atoms with E-state index in [0.29, 0.717) is 5.56 Å². The Bertz CT molecular complexity index is 404. The summed E-state index contributed by atoms with van der Waals surface area (Å²) in [5, 5.41) is 20.1. The van der Waals surface area contributed by atoms with Crippen LogP contribution < -0.4 is 5.73 Å². The molecular formula is C12H18ClI2NO2. The van der Waals surface area contributed by atoms with E-state index in [1.54, 1.807) is 0 Å². The smallest absolute Gasteiger partial charge is 0.133 e. The summed E-state index contributed by atoms with van der Waals surface area (Å²) in [6, 6.07) is 3.16. The van der Waals surface area contributed by atoms with Crippen molar-refractivity contribution in [3.05, 3.63) is 24.8 Å². The molecule has 1 aromatic carbocycles. The number of aliphatic hydroxyl groups is 1. The topological polar surface area (TPSA) is 66.5 Å². The molecule has 0 bridgehead atoms.